The van der Waals surface area contributed by atoms with E-state index in [1.165, 1.54) is 0 Å². The fraction of sp³-hybridized carbons (Fsp3) is 0.500. The Morgan fingerprint density at radius 1 is 1.20 bits per heavy atom. The lowest BCUT2D eigenvalue weighted by Crippen LogP contribution is -2.24. The maximum Gasteiger partial charge on any atom is 0.140 e. The van der Waals surface area contributed by atoms with E-state index in [2.05, 4.69) is 18.7 Å². The lowest BCUT2D eigenvalue weighted by Gasteiger charge is -2.24. The van der Waals surface area contributed by atoms with Gasteiger partial charge in [0.1, 0.15) is 5.75 Å². The third kappa shape index (κ3) is 3.05. The quantitative estimate of drug-likeness (QED) is 0.731. The molecule has 3 N–H and O–H groups in total. The van der Waals surface area contributed by atoms with Crippen LogP contribution in [0.3, 0.4) is 0 Å². The third-order valence-electron chi connectivity index (χ3n) is 2.33. The van der Waals surface area contributed by atoms with Crippen LogP contribution in [0, 0.1) is 0 Å². The molecule has 15 heavy (non-hydrogen) atoms. The maximum atomic E-state index is 9.79. The fourth-order valence-corrected chi connectivity index (χ4v) is 1.70. The first-order valence-corrected chi connectivity index (χ1v) is 5.52. The van der Waals surface area contributed by atoms with Gasteiger partial charge in [-0.3, -0.25) is 0 Å². The summed E-state index contributed by atoms with van der Waals surface area (Å²) in [4.78, 5) is 2.19. The highest BCUT2D eigenvalue weighted by atomic mass is 16.3. The molecule has 0 aliphatic rings. The smallest absolute Gasteiger partial charge is 0.140 e. The minimum Gasteiger partial charge on any atom is -0.506 e. The molecule has 0 aliphatic heterocycles. The van der Waals surface area contributed by atoms with E-state index in [1.807, 2.05) is 12.1 Å². The minimum atomic E-state index is 0.275. The van der Waals surface area contributed by atoms with Crippen LogP contribution in [0.15, 0.2) is 18.2 Å². The largest absolute Gasteiger partial charge is 0.506 e. The van der Waals surface area contributed by atoms with Crippen molar-refractivity contribution in [1.29, 1.82) is 0 Å². The van der Waals surface area contributed by atoms with Gasteiger partial charge in [-0.05, 0) is 25.0 Å². The first-order valence-electron chi connectivity index (χ1n) is 5.52. The van der Waals surface area contributed by atoms with Gasteiger partial charge in [-0.15, -0.1) is 0 Å². The molecule has 0 saturated heterocycles. The molecular formula is C12H20N2O. The fourth-order valence-electron chi connectivity index (χ4n) is 1.70. The number of benzene rings is 1. The summed E-state index contributed by atoms with van der Waals surface area (Å²) in [5.74, 6) is 0.275. The van der Waals surface area contributed by atoms with Crippen molar-refractivity contribution in [3.8, 4) is 5.75 Å². The van der Waals surface area contributed by atoms with Crippen LogP contribution in [0.2, 0.25) is 0 Å². The summed E-state index contributed by atoms with van der Waals surface area (Å²) in [6.45, 7) is 6.20. The third-order valence-corrected chi connectivity index (χ3v) is 2.33. The molecule has 0 radical (unpaired) electrons. The standard InChI is InChI=1S/C12H20N2O/c1-3-7-14(8-4-2)11-6-5-10(13)9-12(11)15/h5-6,9,15H,3-4,7-8,13H2,1-2H3. The van der Waals surface area contributed by atoms with Crippen molar-refractivity contribution in [1.82, 2.24) is 0 Å². The van der Waals surface area contributed by atoms with Crippen LogP contribution in [0.25, 0.3) is 0 Å². The van der Waals surface area contributed by atoms with Gasteiger partial charge < -0.3 is 15.7 Å². The molecular weight excluding hydrogens is 188 g/mol. The Morgan fingerprint density at radius 3 is 2.27 bits per heavy atom. The Hall–Kier alpha value is -1.38. The molecule has 0 aromatic heterocycles. The summed E-state index contributed by atoms with van der Waals surface area (Å²) in [5, 5.41) is 9.79. The Kier molecular flexibility index (Phi) is 4.28. The van der Waals surface area contributed by atoms with Crippen LogP contribution in [0.5, 0.6) is 5.75 Å². The minimum absolute atomic E-state index is 0.275. The van der Waals surface area contributed by atoms with Crippen molar-refractivity contribution < 1.29 is 5.11 Å². The predicted octanol–water partition coefficient (Wildman–Crippen LogP) is 2.60. The van der Waals surface area contributed by atoms with E-state index in [4.69, 9.17) is 5.73 Å². The van der Waals surface area contributed by atoms with Crippen molar-refractivity contribution >= 4 is 11.4 Å². The lowest BCUT2D eigenvalue weighted by atomic mass is 10.2. The molecule has 3 nitrogen and oxygen atoms in total. The molecule has 0 amide bonds. The van der Waals surface area contributed by atoms with E-state index >= 15 is 0 Å². The second kappa shape index (κ2) is 5.49. The van der Waals surface area contributed by atoms with Crippen molar-refractivity contribution in [3.63, 3.8) is 0 Å². The highest BCUT2D eigenvalue weighted by Gasteiger charge is 2.09. The van der Waals surface area contributed by atoms with Crippen molar-refractivity contribution in [2.75, 3.05) is 23.7 Å². The maximum absolute atomic E-state index is 9.79. The van der Waals surface area contributed by atoms with Crippen LogP contribution in [0.1, 0.15) is 26.7 Å². The zero-order valence-electron chi connectivity index (χ0n) is 9.53. The number of aromatic hydroxyl groups is 1. The van der Waals surface area contributed by atoms with Gasteiger partial charge in [-0.1, -0.05) is 13.8 Å². The zero-order chi connectivity index (χ0) is 11.3. The number of nitrogens with zero attached hydrogens (tertiary/aromatic N) is 1. The Bertz CT molecular complexity index is 306. The normalized spacial score (nSPS) is 10.3. The molecule has 0 aliphatic carbocycles. The Labute approximate surface area is 91.5 Å². The number of nitrogen functional groups attached to an aromatic ring is 1. The molecule has 0 fully saturated rings. The number of hydrogen-bond donors (Lipinski definition) is 2. The van der Waals surface area contributed by atoms with Crippen molar-refractivity contribution in [2.24, 2.45) is 0 Å². The first kappa shape index (κ1) is 11.7. The van der Waals surface area contributed by atoms with Crippen LogP contribution >= 0.6 is 0 Å². The summed E-state index contributed by atoms with van der Waals surface area (Å²) >= 11 is 0. The zero-order valence-corrected chi connectivity index (χ0v) is 9.53. The molecule has 84 valence electrons. The topological polar surface area (TPSA) is 49.5 Å². The molecule has 0 saturated carbocycles. The number of hydrogen-bond acceptors (Lipinski definition) is 3. The van der Waals surface area contributed by atoms with Crippen LogP contribution < -0.4 is 10.6 Å². The average Bonchev–Trinajstić information content (AvgIpc) is 2.17. The van der Waals surface area contributed by atoms with Crippen LogP contribution in [-0.2, 0) is 0 Å². The molecule has 0 unspecified atom stereocenters. The summed E-state index contributed by atoms with van der Waals surface area (Å²) in [6, 6.07) is 5.32. The molecule has 1 aromatic carbocycles. The summed E-state index contributed by atoms with van der Waals surface area (Å²) in [6.07, 6.45) is 2.15. The van der Waals surface area contributed by atoms with Crippen molar-refractivity contribution in [3.05, 3.63) is 18.2 Å². The van der Waals surface area contributed by atoms with Gasteiger partial charge >= 0.3 is 0 Å². The van der Waals surface area contributed by atoms with E-state index in [1.54, 1.807) is 6.07 Å². The average molecular weight is 208 g/mol. The van der Waals surface area contributed by atoms with Crippen molar-refractivity contribution in [2.45, 2.75) is 26.7 Å². The summed E-state index contributed by atoms with van der Waals surface area (Å²) < 4.78 is 0. The van der Waals surface area contributed by atoms with E-state index in [0.717, 1.165) is 31.6 Å². The Balaban J connectivity index is 2.89. The Morgan fingerprint density at radius 2 is 1.80 bits per heavy atom. The molecule has 0 atom stereocenters. The second-order valence-corrected chi connectivity index (χ2v) is 3.74. The van der Waals surface area contributed by atoms with Gasteiger partial charge in [-0.25, -0.2) is 0 Å². The monoisotopic (exact) mass is 208 g/mol. The van der Waals surface area contributed by atoms with E-state index < -0.39 is 0 Å². The van der Waals surface area contributed by atoms with Gasteiger partial charge in [0.25, 0.3) is 0 Å². The lowest BCUT2D eigenvalue weighted by molar-refractivity contribution is 0.473. The van der Waals surface area contributed by atoms with E-state index in [9.17, 15) is 5.11 Å². The second-order valence-electron chi connectivity index (χ2n) is 3.74. The molecule has 0 bridgehead atoms. The van der Waals surface area contributed by atoms with Gasteiger partial charge in [0.2, 0.25) is 0 Å². The van der Waals surface area contributed by atoms with E-state index in [-0.39, 0.29) is 5.75 Å². The number of nitrogens with two attached hydrogens (primary N) is 1. The highest BCUT2D eigenvalue weighted by molar-refractivity contribution is 5.63. The molecule has 0 heterocycles. The van der Waals surface area contributed by atoms with E-state index in [0.29, 0.717) is 5.69 Å². The van der Waals surface area contributed by atoms with Crippen LogP contribution in [0.4, 0.5) is 11.4 Å². The van der Waals surface area contributed by atoms with Gasteiger partial charge in [0.05, 0.1) is 5.69 Å². The molecule has 1 aromatic rings. The molecule has 1 rings (SSSR count). The summed E-state index contributed by atoms with van der Waals surface area (Å²) in [5.41, 5.74) is 7.08. The van der Waals surface area contributed by atoms with Gasteiger partial charge in [0, 0.05) is 24.8 Å². The predicted molar refractivity (Wildman–Crippen MR) is 65.3 cm³/mol. The van der Waals surface area contributed by atoms with Gasteiger partial charge in [0.15, 0.2) is 0 Å². The van der Waals surface area contributed by atoms with Gasteiger partial charge in [-0.2, -0.15) is 0 Å². The first-order chi connectivity index (χ1) is 7.19. The number of phenolic OH excluding ortho intramolecular Hbond substituents is 1. The highest BCUT2D eigenvalue weighted by Crippen LogP contribution is 2.29. The number of phenols is 1. The SMILES string of the molecule is CCCN(CCC)c1ccc(N)cc1O. The molecule has 0 spiro atoms. The molecule has 3 heteroatoms. The van der Waals surface area contributed by atoms with Crippen LogP contribution in [-0.4, -0.2) is 18.2 Å². The summed E-state index contributed by atoms with van der Waals surface area (Å²) in [7, 11) is 0. The number of rotatable bonds is 5. The number of anilines is 2.